The van der Waals surface area contributed by atoms with Crippen LogP contribution in [0.15, 0.2) is 170 Å². The molecule has 0 radical (unpaired) electrons. The number of nitrogens with zero attached hydrogens (tertiary/aromatic N) is 1. The monoisotopic (exact) mass is 735 g/mol. The molecule has 0 saturated carbocycles. The molecule has 57 heavy (non-hydrogen) atoms. The van der Waals surface area contributed by atoms with E-state index in [9.17, 15) is 0 Å². The van der Waals surface area contributed by atoms with Crippen molar-refractivity contribution in [3.63, 3.8) is 0 Å². The molecule has 278 valence electrons. The zero-order valence-electron chi connectivity index (χ0n) is 34.1. The maximum Gasteiger partial charge on any atom is 0.0546 e. The van der Waals surface area contributed by atoms with Crippen LogP contribution in [0.1, 0.15) is 76.3 Å². The number of anilines is 3. The van der Waals surface area contributed by atoms with Gasteiger partial charge in [0.05, 0.1) is 11.4 Å². The minimum atomic E-state index is -0.115. The second kappa shape index (κ2) is 12.7. The summed E-state index contributed by atoms with van der Waals surface area (Å²) in [4.78, 5) is 2.57. The summed E-state index contributed by atoms with van der Waals surface area (Å²) in [6.45, 7) is 16.4. The fourth-order valence-corrected chi connectivity index (χ4v) is 9.99. The smallest absolute Gasteiger partial charge is 0.0546 e. The fourth-order valence-electron chi connectivity index (χ4n) is 9.99. The van der Waals surface area contributed by atoms with Gasteiger partial charge in [-0.25, -0.2) is 0 Å². The zero-order chi connectivity index (χ0) is 39.3. The van der Waals surface area contributed by atoms with Crippen molar-refractivity contribution in [2.24, 2.45) is 0 Å². The van der Waals surface area contributed by atoms with Gasteiger partial charge in [-0.2, -0.15) is 0 Å². The molecule has 0 unspecified atom stereocenters. The number of hydrogen-bond acceptors (Lipinski definition) is 1. The SMILES string of the molecule is CC(C)(C)c1ccc(N(c2ccc3c(c2)-c2ccccc2C3(C)C)c2ccc3ccccc3c2-c2cccc3c2-c2ccccc2C3(C)C)c(-c2ccccc2)c1. The van der Waals surface area contributed by atoms with Crippen LogP contribution in [0.3, 0.4) is 0 Å². The van der Waals surface area contributed by atoms with E-state index < -0.39 is 0 Å². The molecular weight excluding hydrogens is 687 g/mol. The number of rotatable bonds is 5. The van der Waals surface area contributed by atoms with Crippen LogP contribution in [0.5, 0.6) is 0 Å². The van der Waals surface area contributed by atoms with Crippen molar-refractivity contribution >= 4 is 27.8 Å². The highest BCUT2D eigenvalue weighted by molar-refractivity contribution is 6.10. The Labute approximate surface area is 338 Å². The van der Waals surface area contributed by atoms with E-state index in [1.165, 1.54) is 83.1 Å². The van der Waals surface area contributed by atoms with Crippen molar-refractivity contribution < 1.29 is 0 Å². The molecule has 0 aliphatic heterocycles. The van der Waals surface area contributed by atoms with Crippen LogP contribution in [0.25, 0.3) is 55.3 Å². The normalized spacial score (nSPS) is 14.5. The number of fused-ring (bicyclic) bond motifs is 7. The van der Waals surface area contributed by atoms with E-state index in [1.54, 1.807) is 0 Å². The van der Waals surface area contributed by atoms with E-state index in [2.05, 4.69) is 223 Å². The first-order chi connectivity index (χ1) is 27.4. The second-order valence-electron chi connectivity index (χ2n) is 18.2. The lowest BCUT2D eigenvalue weighted by atomic mass is 9.81. The third-order valence-electron chi connectivity index (χ3n) is 13.0. The van der Waals surface area contributed by atoms with Gasteiger partial charge in [0.25, 0.3) is 0 Å². The molecule has 2 aliphatic carbocycles. The molecule has 0 fully saturated rings. The fraction of sp³-hybridized carbons (Fsp3) is 0.179. The first-order valence-corrected chi connectivity index (χ1v) is 20.4. The maximum atomic E-state index is 2.57. The predicted molar refractivity (Wildman–Crippen MR) is 243 cm³/mol. The Bertz CT molecular complexity index is 2880. The molecule has 2 aliphatic rings. The maximum absolute atomic E-state index is 2.57. The van der Waals surface area contributed by atoms with E-state index >= 15 is 0 Å². The number of benzene rings is 8. The van der Waals surface area contributed by atoms with Crippen molar-refractivity contribution in [3.05, 3.63) is 198 Å². The molecule has 0 saturated heterocycles. The Hall–Kier alpha value is -6.18. The summed E-state index contributed by atoms with van der Waals surface area (Å²) < 4.78 is 0. The lowest BCUT2D eigenvalue weighted by Crippen LogP contribution is -2.17. The average Bonchev–Trinajstić information content (AvgIpc) is 3.60. The zero-order valence-corrected chi connectivity index (χ0v) is 34.1. The summed E-state index contributed by atoms with van der Waals surface area (Å²) in [6.07, 6.45) is 0. The predicted octanol–water partition coefficient (Wildman–Crippen LogP) is 15.6. The Morgan fingerprint density at radius 2 is 1.00 bits per heavy atom. The molecule has 0 atom stereocenters. The molecule has 0 amide bonds. The Balaban J connectivity index is 1.33. The third kappa shape index (κ3) is 5.36. The van der Waals surface area contributed by atoms with Crippen LogP contribution in [0.4, 0.5) is 17.1 Å². The Kier molecular flexibility index (Phi) is 7.83. The van der Waals surface area contributed by atoms with Gasteiger partial charge in [0, 0.05) is 27.6 Å². The number of hydrogen-bond donors (Lipinski definition) is 0. The van der Waals surface area contributed by atoms with E-state index in [1.807, 2.05) is 0 Å². The van der Waals surface area contributed by atoms with Gasteiger partial charge in [0.1, 0.15) is 0 Å². The van der Waals surface area contributed by atoms with Crippen LogP contribution in [-0.4, -0.2) is 0 Å². The largest absolute Gasteiger partial charge is 0.309 e. The lowest BCUT2D eigenvalue weighted by molar-refractivity contribution is 0.590. The van der Waals surface area contributed by atoms with Gasteiger partial charge in [-0.3, -0.25) is 0 Å². The highest BCUT2D eigenvalue weighted by Crippen LogP contribution is 2.57. The summed E-state index contributed by atoms with van der Waals surface area (Å²) in [7, 11) is 0. The van der Waals surface area contributed by atoms with Crippen molar-refractivity contribution in [2.45, 2.75) is 64.7 Å². The van der Waals surface area contributed by atoms with Crippen molar-refractivity contribution in [2.75, 3.05) is 4.90 Å². The van der Waals surface area contributed by atoms with Crippen LogP contribution in [0.2, 0.25) is 0 Å². The minimum absolute atomic E-state index is 0.0192. The first kappa shape index (κ1) is 35.2. The molecule has 0 aromatic heterocycles. The van der Waals surface area contributed by atoms with Gasteiger partial charge in [-0.15, -0.1) is 0 Å². The van der Waals surface area contributed by atoms with Gasteiger partial charge < -0.3 is 4.90 Å². The minimum Gasteiger partial charge on any atom is -0.309 e. The van der Waals surface area contributed by atoms with Gasteiger partial charge in [0.15, 0.2) is 0 Å². The molecule has 1 heteroatoms. The van der Waals surface area contributed by atoms with Gasteiger partial charge >= 0.3 is 0 Å². The Morgan fingerprint density at radius 1 is 0.404 bits per heavy atom. The average molecular weight is 736 g/mol. The van der Waals surface area contributed by atoms with Gasteiger partial charge in [-0.1, -0.05) is 188 Å². The summed E-state index contributed by atoms with van der Waals surface area (Å²) in [5, 5.41) is 2.48. The molecular formula is C56H49N. The molecule has 8 aromatic rings. The first-order valence-electron chi connectivity index (χ1n) is 20.4. The van der Waals surface area contributed by atoms with Crippen LogP contribution in [0, 0.1) is 0 Å². The summed E-state index contributed by atoms with van der Waals surface area (Å²) in [5.41, 5.74) is 20.3. The highest BCUT2D eigenvalue weighted by Gasteiger charge is 2.39. The van der Waals surface area contributed by atoms with E-state index in [-0.39, 0.29) is 16.2 Å². The van der Waals surface area contributed by atoms with Crippen LogP contribution in [-0.2, 0) is 16.2 Å². The summed E-state index contributed by atoms with van der Waals surface area (Å²) in [5.74, 6) is 0. The molecule has 1 nitrogen and oxygen atoms in total. The highest BCUT2D eigenvalue weighted by atomic mass is 15.1. The van der Waals surface area contributed by atoms with E-state index in [4.69, 9.17) is 0 Å². The summed E-state index contributed by atoms with van der Waals surface area (Å²) in [6, 6.07) is 64.0. The quantitative estimate of drug-likeness (QED) is 0.170. The molecule has 0 spiro atoms. The topological polar surface area (TPSA) is 3.24 Å². The third-order valence-corrected chi connectivity index (χ3v) is 13.0. The van der Waals surface area contributed by atoms with Crippen molar-refractivity contribution in [3.8, 4) is 44.5 Å². The molecule has 0 N–H and O–H groups in total. The molecule has 8 aromatic carbocycles. The molecule has 0 bridgehead atoms. The van der Waals surface area contributed by atoms with Crippen molar-refractivity contribution in [1.82, 2.24) is 0 Å². The van der Waals surface area contributed by atoms with Crippen LogP contribution >= 0.6 is 0 Å². The molecule has 0 heterocycles. The van der Waals surface area contributed by atoms with E-state index in [0.717, 1.165) is 17.1 Å². The summed E-state index contributed by atoms with van der Waals surface area (Å²) >= 11 is 0. The van der Waals surface area contributed by atoms with E-state index in [0.29, 0.717) is 0 Å². The Morgan fingerprint density at radius 3 is 1.77 bits per heavy atom. The second-order valence-corrected chi connectivity index (χ2v) is 18.2. The van der Waals surface area contributed by atoms with Gasteiger partial charge in [-0.05, 0) is 108 Å². The molecule has 10 rings (SSSR count). The lowest BCUT2D eigenvalue weighted by Gasteiger charge is -2.33. The standard InChI is InChI=1S/C56H49N/c1-54(2,3)38-29-33-50(44(34-38)36-18-9-8-10-19-36)57(39-30-31-48-45(35-39)41-22-13-15-25-46(41)55(48,4)5)51-32-28-37-20-11-12-21-40(37)53(51)43-24-17-27-49-52(43)42-23-14-16-26-47(42)56(49,6)7/h8-35H,1-7H3. The van der Waals surface area contributed by atoms with Gasteiger partial charge in [0.2, 0.25) is 0 Å². The van der Waals surface area contributed by atoms with Crippen LogP contribution < -0.4 is 4.90 Å². The van der Waals surface area contributed by atoms with Crippen molar-refractivity contribution in [1.29, 1.82) is 0 Å².